The minimum Gasteiger partial charge on any atom is -0.325 e. The number of fused-ring (bicyclic) bond motifs is 1. The first-order valence-electron chi connectivity index (χ1n) is 12.4. The number of pyridine rings is 1. The van der Waals surface area contributed by atoms with Crippen LogP contribution in [0.5, 0.6) is 0 Å². The molecule has 1 fully saturated rings. The van der Waals surface area contributed by atoms with E-state index < -0.39 is 0 Å². The molecule has 1 saturated heterocycles. The van der Waals surface area contributed by atoms with Crippen molar-refractivity contribution in [2.45, 2.75) is 52.1 Å². The predicted molar refractivity (Wildman–Crippen MR) is 140 cm³/mol. The molecule has 1 aliphatic rings. The normalized spacial score (nSPS) is 16.0. The van der Waals surface area contributed by atoms with Gasteiger partial charge in [0.25, 0.3) is 5.91 Å². The molecule has 0 radical (unpaired) electrons. The van der Waals surface area contributed by atoms with Crippen LogP contribution in [0.2, 0.25) is 0 Å². The first kappa shape index (κ1) is 24.6. The second kappa shape index (κ2) is 10.1. The molecule has 0 aromatic carbocycles. The molecule has 0 saturated carbocycles. The summed E-state index contributed by atoms with van der Waals surface area (Å²) >= 11 is 0. The van der Waals surface area contributed by atoms with Gasteiger partial charge in [-0.05, 0) is 46.2 Å². The predicted octanol–water partition coefficient (Wildman–Crippen LogP) is 3.29. The van der Waals surface area contributed by atoms with Gasteiger partial charge in [0.15, 0.2) is 0 Å². The molecule has 0 unspecified atom stereocenters. The van der Waals surface area contributed by atoms with Crippen LogP contribution in [-0.2, 0) is 11.8 Å². The fourth-order valence-corrected chi connectivity index (χ4v) is 4.86. The number of carbonyl (C=O) groups is 2. The van der Waals surface area contributed by atoms with Gasteiger partial charge in [0.1, 0.15) is 0 Å². The molecular formula is C26H31N9O2. The number of aromatic nitrogens is 6. The smallest absolute Gasteiger partial charge is 0.259 e. The van der Waals surface area contributed by atoms with Crippen molar-refractivity contribution in [3.8, 4) is 11.3 Å². The third-order valence-corrected chi connectivity index (χ3v) is 6.78. The number of rotatable bonds is 7. The SMILES string of the molecule is Cc1ncc(NC(=O)C[C@@H]2CCCN2C(C)C)cc1NC(=O)c1cnn2cc(-c3cnn(C)c3)ncc12. The van der Waals surface area contributed by atoms with Gasteiger partial charge in [-0.1, -0.05) is 0 Å². The van der Waals surface area contributed by atoms with E-state index in [9.17, 15) is 9.59 Å². The first-order chi connectivity index (χ1) is 17.8. The van der Waals surface area contributed by atoms with Crippen LogP contribution >= 0.6 is 0 Å². The monoisotopic (exact) mass is 501 g/mol. The van der Waals surface area contributed by atoms with Crippen LogP contribution in [-0.4, -0.2) is 64.7 Å². The molecule has 11 nitrogen and oxygen atoms in total. The van der Waals surface area contributed by atoms with Gasteiger partial charge in [-0.15, -0.1) is 0 Å². The van der Waals surface area contributed by atoms with Gasteiger partial charge in [-0.3, -0.25) is 29.1 Å². The highest BCUT2D eigenvalue weighted by Crippen LogP contribution is 2.24. The number of anilines is 2. The lowest BCUT2D eigenvalue weighted by molar-refractivity contribution is -0.117. The minimum absolute atomic E-state index is 0.0568. The summed E-state index contributed by atoms with van der Waals surface area (Å²) in [5, 5.41) is 14.4. The Morgan fingerprint density at radius 2 is 1.92 bits per heavy atom. The van der Waals surface area contributed by atoms with E-state index in [1.54, 1.807) is 47.0 Å². The van der Waals surface area contributed by atoms with Crippen molar-refractivity contribution < 1.29 is 9.59 Å². The molecule has 1 aliphatic heterocycles. The Morgan fingerprint density at radius 1 is 1.08 bits per heavy atom. The van der Waals surface area contributed by atoms with Gasteiger partial charge in [0.05, 0.1) is 64.8 Å². The van der Waals surface area contributed by atoms with Crippen LogP contribution in [0.25, 0.3) is 16.8 Å². The van der Waals surface area contributed by atoms with E-state index in [1.807, 2.05) is 13.2 Å². The summed E-state index contributed by atoms with van der Waals surface area (Å²) in [5.41, 5.74) is 4.22. The molecule has 4 aromatic rings. The molecule has 0 spiro atoms. The summed E-state index contributed by atoms with van der Waals surface area (Å²) in [4.78, 5) is 37.1. The van der Waals surface area contributed by atoms with Crippen LogP contribution in [0.3, 0.4) is 0 Å². The van der Waals surface area contributed by atoms with Gasteiger partial charge in [-0.2, -0.15) is 10.2 Å². The fraction of sp³-hybridized carbons (Fsp3) is 0.385. The third-order valence-electron chi connectivity index (χ3n) is 6.78. The Kier molecular flexibility index (Phi) is 6.70. The summed E-state index contributed by atoms with van der Waals surface area (Å²) in [5.74, 6) is -0.392. The van der Waals surface area contributed by atoms with Crippen molar-refractivity contribution >= 4 is 28.7 Å². The molecule has 5 rings (SSSR count). The number of hydrogen-bond donors (Lipinski definition) is 2. The van der Waals surface area contributed by atoms with Gasteiger partial charge in [0.2, 0.25) is 5.91 Å². The zero-order valence-corrected chi connectivity index (χ0v) is 21.5. The Labute approximate surface area is 214 Å². The van der Waals surface area contributed by atoms with Crippen LogP contribution in [0.4, 0.5) is 11.4 Å². The Morgan fingerprint density at radius 3 is 2.68 bits per heavy atom. The Balaban J connectivity index is 1.28. The van der Waals surface area contributed by atoms with Crippen LogP contribution in [0.1, 0.15) is 49.2 Å². The zero-order chi connectivity index (χ0) is 26.1. The number of carbonyl (C=O) groups excluding carboxylic acids is 2. The number of nitrogens with one attached hydrogen (secondary N) is 2. The van der Waals surface area contributed by atoms with E-state index in [0.717, 1.165) is 24.9 Å². The minimum atomic E-state index is -0.335. The number of nitrogens with zero attached hydrogens (tertiary/aromatic N) is 7. The molecule has 192 valence electrons. The van der Waals surface area contributed by atoms with Crippen LogP contribution in [0.15, 0.2) is 43.2 Å². The summed E-state index contributed by atoms with van der Waals surface area (Å²) in [6, 6.07) is 2.40. The van der Waals surface area contributed by atoms with Crippen molar-refractivity contribution in [3.63, 3.8) is 0 Å². The Bertz CT molecular complexity index is 1460. The molecule has 1 atom stereocenters. The second-order valence-corrected chi connectivity index (χ2v) is 9.75. The highest BCUT2D eigenvalue weighted by Gasteiger charge is 2.28. The highest BCUT2D eigenvalue weighted by atomic mass is 16.2. The molecule has 0 bridgehead atoms. The van der Waals surface area contributed by atoms with Crippen molar-refractivity contribution in [1.82, 2.24) is 34.3 Å². The molecule has 2 N–H and O–H groups in total. The van der Waals surface area contributed by atoms with Crippen molar-refractivity contribution in [2.75, 3.05) is 17.2 Å². The molecule has 0 aliphatic carbocycles. The topological polar surface area (TPSA) is 122 Å². The molecule has 5 heterocycles. The van der Waals surface area contributed by atoms with Gasteiger partial charge in [-0.25, -0.2) is 4.52 Å². The second-order valence-electron chi connectivity index (χ2n) is 9.75. The molecule has 11 heteroatoms. The van der Waals surface area contributed by atoms with Gasteiger partial charge < -0.3 is 10.6 Å². The number of amides is 2. The van der Waals surface area contributed by atoms with E-state index >= 15 is 0 Å². The molecule has 4 aromatic heterocycles. The molecule has 37 heavy (non-hydrogen) atoms. The summed E-state index contributed by atoms with van der Waals surface area (Å²) in [6.45, 7) is 7.16. The fourth-order valence-electron chi connectivity index (χ4n) is 4.86. The van der Waals surface area contributed by atoms with E-state index in [0.29, 0.717) is 46.3 Å². The maximum absolute atomic E-state index is 13.1. The number of hydrogen-bond acceptors (Lipinski definition) is 7. The van der Waals surface area contributed by atoms with E-state index in [2.05, 4.69) is 49.5 Å². The zero-order valence-electron chi connectivity index (χ0n) is 21.5. The average molecular weight is 502 g/mol. The van der Waals surface area contributed by atoms with Gasteiger partial charge >= 0.3 is 0 Å². The van der Waals surface area contributed by atoms with Crippen LogP contribution < -0.4 is 10.6 Å². The van der Waals surface area contributed by atoms with Crippen molar-refractivity contribution in [2.24, 2.45) is 7.05 Å². The summed E-state index contributed by atoms with van der Waals surface area (Å²) in [6.07, 6.45) is 12.7. The average Bonchev–Trinajstić information content (AvgIpc) is 3.60. The molecule has 2 amide bonds. The van der Waals surface area contributed by atoms with Crippen molar-refractivity contribution in [3.05, 3.63) is 54.5 Å². The number of likely N-dealkylation sites (tertiary alicyclic amines) is 1. The maximum atomic E-state index is 13.1. The molecular weight excluding hydrogens is 470 g/mol. The first-order valence-corrected chi connectivity index (χ1v) is 12.4. The highest BCUT2D eigenvalue weighted by molar-refractivity contribution is 6.09. The van der Waals surface area contributed by atoms with E-state index in [-0.39, 0.29) is 17.9 Å². The maximum Gasteiger partial charge on any atom is 0.259 e. The standard InChI is InChI=1S/C26H31N9O2/c1-16(2)34-7-5-6-20(34)9-25(36)31-19-8-22(17(3)27-11-19)32-26(37)21-12-30-35-15-23(28-13-24(21)35)18-10-29-33(4)14-18/h8,10-16,20H,5-7,9H2,1-4H3,(H,31,36)(H,32,37)/t20-/m0/s1. The van der Waals surface area contributed by atoms with Crippen molar-refractivity contribution in [1.29, 1.82) is 0 Å². The summed E-state index contributed by atoms with van der Waals surface area (Å²) < 4.78 is 3.32. The lowest BCUT2D eigenvalue weighted by atomic mass is 10.1. The van der Waals surface area contributed by atoms with Gasteiger partial charge in [0, 0.05) is 37.3 Å². The van der Waals surface area contributed by atoms with Crippen LogP contribution in [0, 0.1) is 6.92 Å². The lowest BCUT2D eigenvalue weighted by Gasteiger charge is -2.27. The summed E-state index contributed by atoms with van der Waals surface area (Å²) in [7, 11) is 1.84. The van der Waals surface area contributed by atoms with E-state index in [1.165, 1.54) is 6.20 Å². The Hall–Kier alpha value is -4.12. The quantitative estimate of drug-likeness (QED) is 0.398. The number of aryl methyl sites for hydroxylation is 2. The lowest BCUT2D eigenvalue weighted by Crippen LogP contribution is -2.37. The largest absolute Gasteiger partial charge is 0.325 e. The third kappa shape index (κ3) is 5.21. The van der Waals surface area contributed by atoms with E-state index in [4.69, 9.17) is 0 Å².